The number of carbonyl (C=O) groups excluding carboxylic acids is 2. The molecular formula is C23H34N2O3. The van der Waals surface area contributed by atoms with Crippen LogP contribution in [0, 0.1) is 0 Å². The minimum atomic E-state index is -0.312. The molecule has 0 bridgehead atoms. The van der Waals surface area contributed by atoms with Gasteiger partial charge >= 0.3 is 5.97 Å². The summed E-state index contributed by atoms with van der Waals surface area (Å²) in [5.41, 5.74) is 1.73. The molecule has 1 saturated heterocycles. The van der Waals surface area contributed by atoms with E-state index in [1.807, 2.05) is 23.1 Å². The molecule has 1 aliphatic heterocycles. The Labute approximate surface area is 169 Å². The predicted molar refractivity (Wildman–Crippen MR) is 112 cm³/mol. The van der Waals surface area contributed by atoms with Gasteiger partial charge in [0.05, 0.1) is 12.7 Å². The number of amides is 1. The maximum absolute atomic E-state index is 12.3. The van der Waals surface area contributed by atoms with Crippen molar-refractivity contribution in [1.82, 2.24) is 9.80 Å². The van der Waals surface area contributed by atoms with Crippen LogP contribution in [0.3, 0.4) is 0 Å². The Morgan fingerprint density at radius 3 is 2.32 bits per heavy atom. The van der Waals surface area contributed by atoms with Gasteiger partial charge in [0.2, 0.25) is 5.91 Å². The van der Waals surface area contributed by atoms with Gasteiger partial charge in [0, 0.05) is 32.7 Å². The third kappa shape index (κ3) is 7.47. The molecule has 1 fully saturated rings. The second-order valence-corrected chi connectivity index (χ2v) is 7.40. The molecule has 0 atom stereocenters. The third-order valence-corrected chi connectivity index (χ3v) is 5.20. The molecule has 0 unspecified atom stereocenters. The van der Waals surface area contributed by atoms with Crippen LogP contribution in [0.25, 0.3) is 0 Å². The average Bonchev–Trinajstić information content (AvgIpc) is 2.73. The Bertz CT molecular complexity index is 632. The molecule has 0 aromatic heterocycles. The van der Waals surface area contributed by atoms with E-state index < -0.39 is 0 Å². The molecule has 0 spiro atoms. The maximum Gasteiger partial charge on any atom is 0.337 e. The van der Waals surface area contributed by atoms with Crippen LogP contribution in [-0.2, 0) is 16.1 Å². The SMILES string of the molecule is CCCCCCC/C=C/C(=O)N1CCN(Cc2ccc(C(=O)OC)cc2)CC1. The molecule has 1 aromatic rings. The van der Waals surface area contributed by atoms with Gasteiger partial charge in [-0.3, -0.25) is 9.69 Å². The van der Waals surface area contributed by atoms with Crippen LogP contribution in [-0.4, -0.2) is 55.0 Å². The summed E-state index contributed by atoms with van der Waals surface area (Å²) < 4.78 is 4.72. The number of ether oxygens (including phenoxy) is 1. The Morgan fingerprint density at radius 2 is 1.68 bits per heavy atom. The number of methoxy groups -OCH3 is 1. The molecule has 1 aromatic carbocycles. The number of hydrogen-bond donors (Lipinski definition) is 0. The first-order valence-electron chi connectivity index (χ1n) is 10.5. The van der Waals surface area contributed by atoms with Crippen LogP contribution in [0.4, 0.5) is 0 Å². The quantitative estimate of drug-likeness (QED) is 0.346. The van der Waals surface area contributed by atoms with Crippen LogP contribution < -0.4 is 0 Å². The van der Waals surface area contributed by atoms with Crippen molar-refractivity contribution in [2.24, 2.45) is 0 Å². The van der Waals surface area contributed by atoms with Crippen molar-refractivity contribution < 1.29 is 14.3 Å². The molecule has 0 radical (unpaired) electrons. The lowest BCUT2D eigenvalue weighted by molar-refractivity contribution is -0.127. The molecule has 5 nitrogen and oxygen atoms in total. The highest BCUT2D eigenvalue weighted by molar-refractivity contribution is 5.89. The highest BCUT2D eigenvalue weighted by Crippen LogP contribution is 2.12. The van der Waals surface area contributed by atoms with Crippen molar-refractivity contribution in [2.75, 3.05) is 33.3 Å². The van der Waals surface area contributed by atoms with Crippen LogP contribution in [0.1, 0.15) is 61.4 Å². The summed E-state index contributed by atoms with van der Waals surface area (Å²) in [4.78, 5) is 28.1. The lowest BCUT2D eigenvalue weighted by Crippen LogP contribution is -2.47. The van der Waals surface area contributed by atoms with E-state index in [4.69, 9.17) is 4.74 Å². The van der Waals surface area contributed by atoms with Crippen LogP contribution in [0.15, 0.2) is 36.4 Å². The molecule has 1 aliphatic rings. The van der Waals surface area contributed by atoms with Gasteiger partial charge in [-0.05, 0) is 36.6 Å². The second-order valence-electron chi connectivity index (χ2n) is 7.40. The normalized spacial score (nSPS) is 15.1. The maximum atomic E-state index is 12.3. The third-order valence-electron chi connectivity index (χ3n) is 5.20. The van der Waals surface area contributed by atoms with Gasteiger partial charge in [-0.1, -0.05) is 50.8 Å². The van der Waals surface area contributed by atoms with Crippen molar-refractivity contribution in [3.8, 4) is 0 Å². The number of nitrogens with zero attached hydrogens (tertiary/aromatic N) is 2. The molecule has 0 N–H and O–H groups in total. The Kier molecular flexibility index (Phi) is 9.77. The molecule has 0 saturated carbocycles. The largest absolute Gasteiger partial charge is 0.465 e. The smallest absolute Gasteiger partial charge is 0.337 e. The highest BCUT2D eigenvalue weighted by atomic mass is 16.5. The topological polar surface area (TPSA) is 49.9 Å². The van der Waals surface area contributed by atoms with Crippen molar-refractivity contribution in [1.29, 1.82) is 0 Å². The summed E-state index contributed by atoms with van der Waals surface area (Å²) >= 11 is 0. The zero-order chi connectivity index (χ0) is 20.2. The number of carbonyl (C=O) groups is 2. The second kappa shape index (κ2) is 12.3. The van der Waals surface area contributed by atoms with E-state index in [9.17, 15) is 9.59 Å². The van der Waals surface area contributed by atoms with Gasteiger partial charge in [-0.25, -0.2) is 4.79 Å². The molecule has 28 heavy (non-hydrogen) atoms. The molecule has 1 amide bonds. The fourth-order valence-corrected chi connectivity index (χ4v) is 3.40. The fourth-order valence-electron chi connectivity index (χ4n) is 3.40. The summed E-state index contributed by atoms with van der Waals surface area (Å²) in [6.45, 7) is 6.32. The van der Waals surface area contributed by atoms with Crippen LogP contribution in [0.5, 0.6) is 0 Å². The van der Waals surface area contributed by atoms with Gasteiger partial charge in [0.15, 0.2) is 0 Å². The highest BCUT2D eigenvalue weighted by Gasteiger charge is 2.19. The summed E-state index contributed by atoms with van der Waals surface area (Å²) in [5, 5.41) is 0. The van der Waals surface area contributed by atoms with E-state index in [2.05, 4.69) is 11.8 Å². The zero-order valence-corrected chi connectivity index (χ0v) is 17.4. The molecule has 0 aliphatic carbocycles. The first kappa shape index (κ1) is 22.2. The fraction of sp³-hybridized carbons (Fsp3) is 0.565. The van der Waals surface area contributed by atoms with Gasteiger partial charge in [0.1, 0.15) is 0 Å². The first-order chi connectivity index (χ1) is 13.6. The van der Waals surface area contributed by atoms with Crippen molar-refractivity contribution >= 4 is 11.9 Å². The van der Waals surface area contributed by atoms with E-state index in [1.165, 1.54) is 39.2 Å². The monoisotopic (exact) mass is 386 g/mol. The molecule has 1 heterocycles. The van der Waals surface area contributed by atoms with Gasteiger partial charge in [0.25, 0.3) is 0 Å². The Balaban J connectivity index is 1.67. The number of piperazine rings is 1. The predicted octanol–water partition coefficient (Wildman–Crippen LogP) is 4.03. The standard InChI is InChI=1S/C23H34N2O3/c1-3-4-5-6-7-8-9-10-22(26)25-17-15-24(16-18-25)19-20-11-13-21(14-12-20)23(27)28-2/h9-14H,3-8,15-19H2,1-2H3/b10-9+. The van der Waals surface area contributed by atoms with Crippen LogP contribution in [0.2, 0.25) is 0 Å². The summed E-state index contributed by atoms with van der Waals surface area (Å²) in [6, 6.07) is 7.53. The van der Waals surface area contributed by atoms with E-state index in [0.29, 0.717) is 5.56 Å². The Morgan fingerprint density at radius 1 is 1.00 bits per heavy atom. The van der Waals surface area contributed by atoms with Crippen molar-refractivity contribution in [3.05, 3.63) is 47.5 Å². The van der Waals surface area contributed by atoms with Gasteiger partial charge in [-0.15, -0.1) is 0 Å². The zero-order valence-electron chi connectivity index (χ0n) is 17.4. The van der Waals surface area contributed by atoms with Gasteiger partial charge in [-0.2, -0.15) is 0 Å². The van der Waals surface area contributed by atoms with Crippen molar-refractivity contribution in [2.45, 2.75) is 52.0 Å². The molecule has 154 valence electrons. The Hall–Kier alpha value is -2.14. The summed E-state index contributed by atoms with van der Waals surface area (Å²) in [7, 11) is 1.39. The summed E-state index contributed by atoms with van der Waals surface area (Å²) in [6.07, 6.45) is 11.1. The average molecular weight is 387 g/mol. The van der Waals surface area contributed by atoms with E-state index >= 15 is 0 Å². The minimum Gasteiger partial charge on any atom is -0.465 e. The van der Waals surface area contributed by atoms with Gasteiger partial charge < -0.3 is 9.64 Å². The first-order valence-corrected chi connectivity index (χ1v) is 10.5. The van der Waals surface area contributed by atoms with Crippen molar-refractivity contribution in [3.63, 3.8) is 0 Å². The molecular weight excluding hydrogens is 352 g/mol. The lowest BCUT2D eigenvalue weighted by Gasteiger charge is -2.34. The van der Waals surface area contributed by atoms with E-state index in [1.54, 1.807) is 18.2 Å². The number of benzene rings is 1. The van der Waals surface area contributed by atoms with E-state index in [0.717, 1.165) is 44.7 Å². The number of esters is 1. The lowest BCUT2D eigenvalue weighted by atomic mass is 10.1. The number of allylic oxidation sites excluding steroid dienone is 1. The number of hydrogen-bond acceptors (Lipinski definition) is 4. The van der Waals surface area contributed by atoms with E-state index in [-0.39, 0.29) is 11.9 Å². The van der Waals surface area contributed by atoms with Crippen LogP contribution >= 0.6 is 0 Å². The number of unbranched alkanes of at least 4 members (excludes halogenated alkanes) is 5. The molecule has 5 heteroatoms. The number of rotatable bonds is 10. The molecule has 2 rings (SSSR count). The summed E-state index contributed by atoms with van der Waals surface area (Å²) in [5.74, 6) is -0.177. The minimum absolute atomic E-state index is 0.135.